The van der Waals surface area contributed by atoms with Crippen LogP contribution in [0, 0.1) is 29.0 Å². The first-order chi connectivity index (χ1) is 6.76. The van der Waals surface area contributed by atoms with Crippen LogP contribution in [0.1, 0.15) is 17.5 Å². The van der Waals surface area contributed by atoms with Crippen molar-refractivity contribution in [2.45, 2.75) is 6.42 Å². The van der Waals surface area contributed by atoms with E-state index in [0.29, 0.717) is 17.5 Å². The first-order valence-electron chi connectivity index (χ1n) is 4.02. The highest BCUT2D eigenvalue weighted by Crippen LogP contribution is 2.07. The second-order valence-electron chi connectivity index (χ2n) is 2.58. The van der Waals surface area contributed by atoms with Crippen LogP contribution in [0.15, 0.2) is 18.2 Å². The smallest absolute Gasteiger partial charge is 0.125 e. The topological polar surface area (TPSA) is 23.8 Å². The highest BCUT2D eigenvalue weighted by Gasteiger charge is 1.97. The zero-order valence-corrected chi connectivity index (χ0v) is 8.94. The molecule has 0 unspecified atom stereocenters. The molecule has 1 nitrogen and oxygen atoms in total. The number of hydrogen-bond acceptors (Lipinski definition) is 1. The quantitative estimate of drug-likeness (QED) is 0.557. The second-order valence-corrected chi connectivity index (χ2v) is 3.37. The monoisotopic (exact) mass is 251 g/mol. The van der Waals surface area contributed by atoms with Gasteiger partial charge in [0.2, 0.25) is 0 Å². The van der Waals surface area contributed by atoms with Crippen LogP contribution >= 0.6 is 15.9 Å². The van der Waals surface area contributed by atoms with Crippen molar-refractivity contribution in [3.05, 3.63) is 35.1 Å². The average molecular weight is 252 g/mol. The summed E-state index contributed by atoms with van der Waals surface area (Å²) in [5.74, 6) is 5.22. The Kier molecular flexibility index (Phi) is 4.16. The molecule has 0 bridgehead atoms. The Labute approximate surface area is 90.7 Å². The molecule has 0 spiro atoms. The van der Waals surface area contributed by atoms with Gasteiger partial charge in [0.25, 0.3) is 0 Å². The van der Waals surface area contributed by atoms with Gasteiger partial charge in [-0.15, -0.1) is 0 Å². The summed E-state index contributed by atoms with van der Waals surface area (Å²) in [6.45, 7) is 0. The van der Waals surface area contributed by atoms with Crippen LogP contribution in [0.4, 0.5) is 4.39 Å². The summed E-state index contributed by atoms with van der Waals surface area (Å²) in [7, 11) is 0. The minimum absolute atomic E-state index is 0.299. The van der Waals surface area contributed by atoms with Gasteiger partial charge in [0.05, 0.1) is 11.6 Å². The maximum absolute atomic E-state index is 12.9. The Bertz CT molecular complexity index is 423. The van der Waals surface area contributed by atoms with E-state index >= 15 is 0 Å². The fraction of sp³-hybridized carbons (Fsp3) is 0.182. The fourth-order valence-corrected chi connectivity index (χ4v) is 1.14. The Morgan fingerprint density at radius 3 is 2.64 bits per heavy atom. The van der Waals surface area contributed by atoms with Crippen LogP contribution in [-0.4, -0.2) is 5.33 Å². The Morgan fingerprint density at radius 2 is 2.00 bits per heavy atom. The molecule has 70 valence electrons. The Morgan fingerprint density at radius 1 is 1.29 bits per heavy atom. The summed E-state index contributed by atoms with van der Waals surface area (Å²) in [5, 5.41) is 9.38. The van der Waals surface area contributed by atoms with Gasteiger partial charge >= 0.3 is 0 Å². The fourth-order valence-electron chi connectivity index (χ4n) is 0.938. The summed E-state index contributed by atoms with van der Waals surface area (Å²) >= 11 is 3.24. The molecule has 0 aromatic heterocycles. The van der Waals surface area contributed by atoms with E-state index in [-0.39, 0.29) is 0 Å². The van der Waals surface area contributed by atoms with Crippen molar-refractivity contribution in [3.8, 4) is 17.9 Å². The molecule has 0 N–H and O–H groups in total. The number of halogens is 2. The van der Waals surface area contributed by atoms with E-state index in [1.807, 2.05) is 6.07 Å². The van der Waals surface area contributed by atoms with Gasteiger partial charge in [-0.3, -0.25) is 0 Å². The minimum atomic E-state index is -0.424. The molecule has 1 aromatic carbocycles. The van der Waals surface area contributed by atoms with Gasteiger partial charge < -0.3 is 0 Å². The van der Waals surface area contributed by atoms with Crippen LogP contribution in [0.25, 0.3) is 0 Å². The zero-order valence-electron chi connectivity index (χ0n) is 7.35. The lowest BCUT2D eigenvalue weighted by Gasteiger charge is -1.92. The Hall–Kier alpha value is -1.32. The van der Waals surface area contributed by atoms with Gasteiger partial charge in [-0.25, -0.2) is 4.39 Å². The highest BCUT2D eigenvalue weighted by molar-refractivity contribution is 9.09. The maximum Gasteiger partial charge on any atom is 0.125 e. The predicted molar refractivity (Wildman–Crippen MR) is 56.4 cm³/mol. The minimum Gasteiger partial charge on any atom is -0.207 e. The van der Waals surface area contributed by atoms with E-state index < -0.39 is 5.82 Å². The molecule has 14 heavy (non-hydrogen) atoms. The maximum atomic E-state index is 12.9. The SMILES string of the molecule is N#Cc1cc(F)cc(C#CCCBr)c1. The van der Waals surface area contributed by atoms with Crippen LogP contribution in [0.5, 0.6) is 0 Å². The largest absolute Gasteiger partial charge is 0.207 e. The second kappa shape index (κ2) is 5.42. The van der Waals surface area contributed by atoms with E-state index in [4.69, 9.17) is 5.26 Å². The molecular weight excluding hydrogens is 245 g/mol. The van der Waals surface area contributed by atoms with E-state index in [1.165, 1.54) is 12.1 Å². The molecule has 0 aliphatic carbocycles. The van der Waals surface area contributed by atoms with Crippen molar-refractivity contribution < 1.29 is 4.39 Å². The van der Waals surface area contributed by atoms with Crippen molar-refractivity contribution in [1.82, 2.24) is 0 Å². The van der Waals surface area contributed by atoms with Crippen LogP contribution in [0.2, 0.25) is 0 Å². The van der Waals surface area contributed by atoms with E-state index in [0.717, 1.165) is 5.33 Å². The molecule has 0 atom stereocenters. The number of hydrogen-bond donors (Lipinski definition) is 0. The van der Waals surface area contributed by atoms with Gasteiger partial charge in [-0.05, 0) is 18.2 Å². The number of alkyl halides is 1. The first kappa shape index (κ1) is 10.8. The molecule has 1 rings (SSSR count). The van der Waals surface area contributed by atoms with Crippen LogP contribution in [-0.2, 0) is 0 Å². The average Bonchev–Trinajstić information content (AvgIpc) is 2.17. The standard InChI is InChI=1S/C11H7BrFN/c12-4-2-1-3-9-5-10(8-14)7-11(13)6-9/h5-7H,2,4H2. The zero-order chi connectivity index (χ0) is 10.4. The van der Waals surface area contributed by atoms with Gasteiger partial charge in [0.15, 0.2) is 0 Å². The van der Waals surface area contributed by atoms with Gasteiger partial charge in [0.1, 0.15) is 5.82 Å². The molecule has 1 aromatic rings. The molecule has 3 heteroatoms. The number of rotatable bonds is 1. The van der Waals surface area contributed by atoms with E-state index in [9.17, 15) is 4.39 Å². The number of nitrogens with zero attached hydrogens (tertiary/aromatic N) is 1. The van der Waals surface area contributed by atoms with Crippen molar-refractivity contribution in [2.75, 3.05) is 5.33 Å². The summed E-state index contributed by atoms with van der Waals surface area (Å²) in [5.41, 5.74) is 0.843. The van der Waals surface area contributed by atoms with Crippen molar-refractivity contribution in [3.63, 3.8) is 0 Å². The molecular formula is C11H7BrFN. The first-order valence-corrected chi connectivity index (χ1v) is 5.14. The lowest BCUT2D eigenvalue weighted by atomic mass is 10.1. The molecule has 0 radical (unpaired) electrons. The lowest BCUT2D eigenvalue weighted by molar-refractivity contribution is 0.627. The number of nitriles is 1. The summed E-state index contributed by atoms with van der Waals surface area (Å²) in [4.78, 5) is 0. The van der Waals surface area contributed by atoms with Crippen molar-refractivity contribution >= 4 is 15.9 Å². The molecule has 0 saturated carbocycles. The molecule has 0 aliphatic rings. The third-order valence-corrected chi connectivity index (χ3v) is 1.88. The normalized spacial score (nSPS) is 8.64. The van der Waals surface area contributed by atoms with Crippen LogP contribution in [0.3, 0.4) is 0 Å². The summed E-state index contributed by atoms with van der Waals surface area (Å²) < 4.78 is 12.9. The molecule has 0 aliphatic heterocycles. The summed E-state index contributed by atoms with van der Waals surface area (Å²) in [6.07, 6.45) is 0.707. The van der Waals surface area contributed by atoms with Gasteiger partial charge in [-0.2, -0.15) is 5.26 Å². The van der Waals surface area contributed by atoms with Gasteiger partial charge in [0, 0.05) is 17.3 Å². The highest BCUT2D eigenvalue weighted by atomic mass is 79.9. The molecule has 0 heterocycles. The summed E-state index contributed by atoms with van der Waals surface area (Å²) in [6, 6.07) is 5.97. The molecule has 0 amide bonds. The predicted octanol–water partition coefficient (Wildman–Crippen LogP) is 2.83. The van der Waals surface area contributed by atoms with E-state index in [2.05, 4.69) is 27.8 Å². The van der Waals surface area contributed by atoms with E-state index in [1.54, 1.807) is 6.07 Å². The number of benzene rings is 1. The molecule has 0 saturated heterocycles. The third kappa shape index (κ3) is 3.20. The molecule has 0 fully saturated rings. The van der Waals surface area contributed by atoms with Crippen molar-refractivity contribution in [2.24, 2.45) is 0 Å². The van der Waals surface area contributed by atoms with Crippen LogP contribution < -0.4 is 0 Å². The van der Waals surface area contributed by atoms with Crippen molar-refractivity contribution in [1.29, 1.82) is 5.26 Å². The third-order valence-electron chi connectivity index (χ3n) is 1.48. The van der Waals surface area contributed by atoms with Gasteiger partial charge in [-0.1, -0.05) is 27.8 Å². The Balaban J connectivity index is 2.95. The lowest BCUT2D eigenvalue weighted by Crippen LogP contribution is -1.83.